The SMILES string of the molecule is COc1cc(C)c(C(C)NC(=O)CN(c2ccccc2OC)S(=O)(=O)c2ccccc2)cc1C(C)C. The van der Waals surface area contributed by atoms with Crippen LogP contribution in [0, 0.1) is 6.92 Å². The Morgan fingerprint density at radius 3 is 2.11 bits per heavy atom. The van der Waals surface area contributed by atoms with E-state index < -0.39 is 22.5 Å². The van der Waals surface area contributed by atoms with Crippen LogP contribution in [-0.2, 0) is 14.8 Å². The van der Waals surface area contributed by atoms with Crippen LogP contribution in [0.25, 0.3) is 0 Å². The molecule has 8 heteroatoms. The lowest BCUT2D eigenvalue weighted by Gasteiger charge is -2.27. The molecule has 0 aromatic heterocycles. The number of anilines is 1. The summed E-state index contributed by atoms with van der Waals surface area (Å²) in [5, 5.41) is 2.98. The van der Waals surface area contributed by atoms with E-state index in [1.807, 2.05) is 26.0 Å². The molecule has 3 rings (SSSR count). The van der Waals surface area contributed by atoms with Gasteiger partial charge in [-0.2, -0.15) is 0 Å². The smallest absolute Gasteiger partial charge is 0.264 e. The molecule has 1 atom stereocenters. The summed E-state index contributed by atoms with van der Waals surface area (Å²) in [5.74, 6) is 0.958. The maximum atomic E-state index is 13.6. The van der Waals surface area contributed by atoms with E-state index in [2.05, 4.69) is 19.2 Å². The Bertz CT molecular complexity index is 1310. The predicted octanol–water partition coefficient (Wildman–Crippen LogP) is 5.21. The van der Waals surface area contributed by atoms with E-state index in [4.69, 9.17) is 9.47 Å². The van der Waals surface area contributed by atoms with Crippen molar-refractivity contribution in [1.82, 2.24) is 5.32 Å². The second kappa shape index (κ2) is 11.5. The quantitative estimate of drug-likeness (QED) is 0.405. The van der Waals surface area contributed by atoms with Gasteiger partial charge in [-0.3, -0.25) is 9.10 Å². The van der Waals surface area contributed by atoms with Gasteiger partial charge in [0.2, 0.25) is 5.91 Å². The van der Waals surface area contributed by atoms with Gasteiger partial charge in [0, 0.05) is 0 Å². The van der Waals surface area contributed by atoms with Gasteiger partial charge in [0.05, 0.1) is 30.8 Å². The highest BCUT2D eigenvalue weighted by Gasteiger charge is 2.30. The van der Waals surface area contributed by atoms with E-state index in [0.29, 0.717) is 5.75 Å². The zero-order valence-electron chi connectivity index (χ0n) is 21.6. The molecule has 0 aliphatic heterocycles. The molecule has 0 aliphatic rings. The molecule has 1 unspecified atom stereocenters. The van der Waals surface area contributed by atoms with E-state index in [9.17, 15) is 13.2 Å². The topological polar surface area (TPSA) is 84.9 Å². The zero-order chi connectivity index (χ0) is 26.5. The molecule has 36 heavy (non-hydrogen) atoms. The second-order valence-electron chi connectivity index (χ2n) is 8.89. The van der Waals surface area contributed by atoms with Crippen LogP contribution in [0.5, 0.6) is 11.5 Å². The number of benzene rings is 3. The van der Waals surface area contributed by atoms with Crippen molar-refractivity contribution in [2.24, 2.45) is 0 Å². The zero-order valence-corrected chi connectivity index (χ0v) is 22.4. The maximum Gasteiger partial charge on any atom is 0.264 e. The Balaban J connectivity index is 1.94. The van der Waals surface area contributed by atoms with E-state index in [1.165, 1.54) is 19.2 Å². The molecule has 0 fully saturated rings. The van der Waals surface area contributed by atoms with Gasteiger partial charge in [-0.15, -0.1) is 0 Å². The highest BCUT2D eigenvalue weighted by Crippen LogP contribution is 2.33. The third-order valence-electron chi connectivity index (χ3n) is 6.06. The first-order valence-electron chi connectivity index (χ1n) is 11.8. The molecule has 0 saturated heterocycles. The van der Waals surface area contributed by atoms with Crippen molar-refractivity contribution >= 4 is 21.6 Å². The van der Waals surface area contributed by atoms with Crippen LogP contribution in [0.4, 0.5) is 5.69 Å². The van der Waals surface area contributed by atoms with Gasteiger partial charge < -0.3 is 14.8 Å². The minimum Gasteiger partial charge on any atom is -0.496 e. The third-order valence-corrected chi connectivity index (χ3v) is 7.83. The predicted molar refractivity (Wildman–Crippen MR) is 142 cm³/mol. The lowest BCUT2D eigenvalue weighted by molar-refractivity contribution is -0.120. The van der Waals surface area contributed by atoms with E-state index in [-0.39, 0.29) is 22.5 Å². The Labute approximate surface area is 214 Å². The van der Waals surface area contributed by atoms with Gasteiger partial charge in [-0.1, -0.05) is 44.2 Å². The monoisotopic (exact) mass is 510 g/mol. The average molecular weight is 511 g/mol. The molecule has 3 aromatic carbocycles. The minimum atomic E-state index is -4.04. The molecule has 0 saturated carbocycles. The van der Waals surface area contributed by atoms with Crippen LogP contribution in [-0.4, -0.2) is 35.1 Å². The van der Waals surface area contributed by atoms with Gasteiger partial charge in [-0.05, 0) is 72.9 Å². The van der Waals surface area contributed by atoms with Crippen LogP contribution >= 0.6 is 0 Å². The number of methoxy groups -OCH3 is 2. The average Bonchev–Trinajstić information content (AvgIpc) is 2.87. The summed E-state index contributed by atoms with van der Waals surface area (Å²) >= 11 is 0. The molecule has 192 valence electrons. The van der Waals surface area contributed by atoms with Gasteiger partial charge in [0.15, 0.2) is 0 Å². The first kappa shape index (κ1) is 27.1. The van der Waals surface area contributed by atoms with E-state index in [1.54, 1.807) is 49.6 Å². The van der Waals surface area contributed by atoms with Crippen molar-refractivity contribution in [2.45, 2.75) is 44.6 Å². The first-order valence-corrected chi connectivity index (χ1v) is 13.2. The maximum absolute atomic E-state index is 13.6. The molecular formula is C28H34N2O5S. The molecule has 0 bridgehead atoms. The summed E-state index contributed by atoms with van der Waals surface area (Å²) in [6, 6.07) is 18.5. The number of amides is 1. The summed E-state index contributed by atoms with van der Waals surface area (Å²) < 4.78 is 39.3. The number of sulfonamides is 1. The largest absolute Gasteiger partial charge is 0.496 e. The first-order chi connectivity index (χ1) is 17.1. The normalized spacial score (nSPS) is 12.2. The minimum absolute atomic E-state index is 0.0873. The Morgan fingerprint density at radius 2 is 1.50 bits per heavy atom. The molecule has 1 amide bonds. The number of para-hydroxylation sites is 2. The molecule has 1 N–H and O–H groups in total. The van der Waals surface area contributed by atoms with Crippen molar-refractivity contribution in [3.05, 3.63) is 83.4 Å². The fourth-order valence-electron chi connectivity index (χ4n) is 4.16. The molecule has 0 heterocycles. The molecule has 0 radical (unpaired) electrons. The van der Waals surface area contributed by atoms with Crippen LogP contribution in [0.3, 0.4) is 0 Å². The van der Waals surface area contributed by atoms with Crippen LogP contribution in [0.1, 0.15) is 49.4 Å². The number of hydrogen-bond donors (Lipinski definition) is 1. The Kier molecular flexibility index (Phi) is 8.63. The number of aryl methyl sites for hydroxylation is 1. The summed E-state index contributed by atoms with van der Waals surface area (Å²) in [6.45, 7) is 7.61. The lowest BCUT2D eigenvalue weighted by atomic mass is 9.93. The van der Waals surface area contributed by atoms with Crippen molar-refractivity contribution in [1.29, 1.82) is 0 Å². The van der Waals surface area contributed by atoms with Crippen LogP contribution in [0.2, 0.25) is 0 Å². The summed E-state index contributed by atoms with van der Waals surface area (Å²) in [6.07, 6.45) is 0. The number of hydrogen-bond acceptors (Lipinski definition) is 5. The number of rotatable bonds is 10. The van der Waals surface area contributed by atoms with Gasteiger partial charge in [0.25, 0.3) is 10.0 Å². The number of carbonyl (C=O) groups is 1. The molecule has 3 aromatic rings. The van der Waals surface area contributed by atoms with Crippen LogP contribution in [0.15, 0.2) is 71.6 Å². The molecule has 0 spiro atoms. The molecule has 0 aliphatic carbocycles. The number of carbonyl (C=O) groups excluding carboxylic acids is 1. The fourth-order valence-corrected chi connectivity index (χ4v) is 5.61. The van der Waals surface area contributed by atoms with Gasteiger partial charge in [-0.25, -0.2) is 8.42 Å². The summed E-state index contributed by atoms with van der Waals surface area (Å²) in [5.41, 5.74) is 3.25. The highest BCUT2D eigenvalue weighted by atomic mass is 32.2. The third kappa shape index (κ3) is 5.82. The molecule has 7 nitrogen and oxygen atoms in total. The second-order valence-corrected chi connectivity index (χ2v) is 10.8. The number of ether oxygens (including phenoxy) is 2. The summed E-state index contributed by atoms with van der Waals surface area (Å²) in [4.78, 5) is 13.3. The van der Waals surface area contributed by atoms with Crippen LogP contribution < -0.4 is 19.1 Å². The summed E-state index contributed by atoms with van der Waals surface area (Å²) in [7, 11) is -0.932. The molecular weight excluding hydrogens is 476 g/mol. The Morgan fingerprint density at radius 1 is 0.889 bits per heavy atom. The van der Waals surface area contributed by atoms with E-state index in [0.717, 1.165) is 26.7 Å². The van der Waals surface area contributed by atoms with Gasteiger partial charge in [0.1, 0.15) is 18.0 Å². The van der Waals surface area contributed by atoms with Crippen molar-refractivity contribution in [3.63, 3.8) is 0 Å². The van der Waals surface area contributed by atoms with E-state index >= 15 is 0 Å². The van der Waals surface area contributed by atoms with Crippen molar-refractivity contribution < 1.29 is 22.7 Å². The number of nitrogens with zero attached hydrogens (tertiary/aromatic N) is 1. The number of nitrogens with one attached hydrogen (secondary N) is 1. The van der Waals surface area contributed by atoms with Crippen molar-refractivity contribution in [3.8, 4) is 11.5 Å². The Hall–Kier alpha value is -3.52. The van der Waals surface area contributed by atoms with Crippen molar-refractivity contribution in [2.75, 3.05) is 25.1 Å². The lowest BCUT2D eigenvalue weighted by Crippen LogP contribution is -2.41. The van der Waals surface area contributed by atoms with Gasteiger partial charge >= 0.3 is 0 Å². The fraction of sp³-hybridized carbons (Fsp3) is 0.321. The highest BCUT2D eigenvalue weighted by molar-refractivity contribution is 7.92. The standard InChI is InChI=1S/C28H34N2O5S/c1-19(2)23-17-24(20(3)16-27(23)35-6)21(4)29-28(31)18-30(25-14-10-11-15-26(25)34-5)36(32,33)22-12-8-7-9-13-22/h7-17,19,21H,18H2,1-6H3,(H,29,31).